The SMILES string of the molecule is CCc1ccc(CNC(=O)c2cc(-c3ccc(Br)s3)nc3ccccc23)cc1. The van der Waals surface area contributed by atoms with Crippen LogP contribution in [0.2, 0.25) is 0 Å². The molecule has 0 bridgehead atoms. The molecular weight excluding hydrogens is 432 g/mol. The molecule has 0 radical (unpaired) electrons. The number of benzene rings is 2. The van der Waals surface area contributed by atoms with Gasteiger partial charge in [-0.1, -0.05) is 49.4 Å². The molecule has 0 saturated heterocycles. The van der Waals surface area contributed by atoms with Crippen LogP contribution >= 0.6 is 27.3 Å². The molecule has 0 aliphatic carbocycles. The van der Waals surface area contributed by atoms with E-state index < -0.39 is 0 Å². The van der Waals surface area contributed by atoms with E-state index in [1.165, 1.54) is 5.56 Å². The van der Waals surface area contributed by atoms with Crippen molar-refractivity contribution in [2.75, 3.05) is 0 Å². The average Bonchev–Trinajstić information content (AvgIpc) is 3.18. The Kier molecular flexibility index (Phi) is 5.55. The number of pyridine rings is 1. The summed E-state index contributed by atoms with van der Waals surface area (Å²) in [6, 6.07) is 22.0. The first-order chi connectivity index (χ1) is 13.6. The van der Waals surface area contributed by atoms with Crippen molar-refractivity contribution in [3.63, 3.8) is 0 Å². The van der Waals surface area contributed by atoms with Crippen molar-refractivity contribution in [2.45, 2.75) is 19.9 Å². The topological polar surface area (TPSA) is 42.0 Å². The van der Waals surface area contributed by atoms with Gasteiger partial charge in [-0.05, 0) is 57.7 Å². The van der Waals surface area contributed by atoms with E-state index in [4.69, 9.17) is 4.98 Å². The highest BCUT2D eigenvalue weighted by atomic mass is 79.9. The molecule has 140 valence electrons. The lowest BCUT2D eigenvalue weighted by Crippen LogP contribution is -2.23. The Morgan fingerprint density at radius 2 is 1.79 bits per heavy atom. The largest absolute Gasteiger partial charge is 0.348 e. The van der Waals surface area contributed by atoms with Gasteiger partial charge in [0.2, 0.25) is 0 Å². The highest BCUT2D eigenvalue weighted by Crippen LogP contribution is 2.32. The number of nitrogens with zero attached hydrogens (tertiary/aromatic N) is 1. The molecule has 28 heavy (non-hydrogen) atoms. The summed E-state index contributed by atoms with van der Waals surface area (Å²) in [6.07, 6.45) is 1.01. The van der Waals surface area contributed by atoms with Crippen molar-refractivity contribution in [3.05, 3.63) is 87.2 Å². The third-order valence-electron chi connectivity index (χ3n) is 4.67. The van der Waals surface area contributed by atoms with Gasteiger partial charge < -0.3 is 5.32 Å². The van der Waals surface area contributed by atoms with Crippen molar-refractivity contribution in [3.8, 4) is 10.6 Å². The number of nitrogens with one attached hydrogen (secondary N) is 1. The van der Waals surface area contributed by atoms with Crippen molar-refractivity contribution in [2.24, 2.45) is 0 Å². The second-order valence-electron chi connectivity index (χ2n) is 6.53. The quantitative estimate of drug-likeness (QED) is 0.392. The van der Waals surface area contributed by atoms with E-state index in [-0.39, 0.29) is 5.91 Å². The molecule has 1 N–H and O–H groups in total. The van der Waals surface area contributed by atoms with Crippen LogP contribution in [0.25, 0.3) is 21.5 Å². The average molecular weight is 451 g/mol. The molecule has 3 nitrogen and oxygen atoms in total. The van der Waals surface area contributed by atoms with Crippen molar-refractivity contribution in [1.82, 2.24) is 10.3 Å². The monoisotopic (exact) mass is 450 g/mol. The van der Waals surface area contributed by atoms with Crippen LogP contribution < -0.4 is 5.32 Å². The number of aromatic nitrogens is 1. The first-order valence-corrected chi connectivity index (χ1v) is 10.8. The van der Waals surface area contributed by atoms with Crippen molar-refractivity contribution < 1.29 is 4.79 Å². The zero-order chi connectivity index (χ0) is 19.5. The Morgan fingerprint density at radius 3 is 2.50 bits per heavy atom. The summed E-state index contributed by atoms with van der Waals surface area (Å²) in [4.78, 5) is 18.8. The number of thiophene rings is 1. The number of hydrogen-bond donors (Lipinski definition) is 1. The third-order valence-corrected chi connectivity index (χ3v) is 6.32. The summed E-state index contributed by atoms with van der Waals surface area (Å²) in [5.74, 6) is -0.0879. The minimum absolute atomic E-state index is 0.0879. The summed E-state index contributed by atoms with van der Waals surface area (Å²) in [7, 11) is 0. The molecule has 2 aromatic carbocycles. The molecule has 2 heterocycles. The van der Waals surface area contributed by atoms with E-state index in [2.05, 4.69) is 52.4 Å². The maximum Gasteiger partial charge on any atom is 0.252 e. The Bertz CT molecular complexity index is 1140. The van der Waals surface area contributed by atoms with Crippen LogP contribution in [-0.4, -0.2) is 10.9 Å². The zero-order valence-corrected chi connectivity index (χ0v) is 17.8. The van der Waals surface area contributed by atoms with Gasteiger partial charge in [-0.25, -0.2) is 4.98 Å². The fourth-order valence-corrected chi connectivity index (χ4v) is 4.46. The number of hydrogen-bond acceptors (Lipinski definition) is 3. The normalized spacial score (nSPS) is 10.9. The minimum Gasteiger partial charge on any atom is -0.348 e. The molecule has 2 aromatic heterocycles. The lowest BCUT2D eigenvalue weighted by Gasteiger charge is -2.10. The fraction of sp³-hybridized carbons (Fsp3) is 0.130. The molecule has 0 spiro atoms. The van der Waals surface area contributed by atoms with Crippen LogP contribution in [0.4, 0.5) is 0 Å². The van der Waals surface area contributed by atoms with E-state index >= 15 is 0 Å². The Morgan fingerprint density at radius 1 is 1.04 bits per heavy atom. The molecular formula is C23H19BrN2OS. The van der Waals surface area contributed by atoms with Crippen LogP contribution in [0.1, 0.15) is 28.4 Å². The molecule has 0 atom stereocenters. The van der Waals surface area contributed by atoms with Gasteiger partial charge in [-0.15, -0.1) is 11.3 Å². The van der Waals surface area contributed by atoms with Crippen LogP contribution in [-0.2, 0) is 13.0 Å². The van der Waals surface area contributed by atoms with Gasteiger partial charge in [-0.3, -0.25) is 4.79 Å². The minimum atomic E-state index is -0.0879. The molecule has 4 rings (SSSR count). The molecule has 5 heteroatoms. The number of carbonyl (C=O) groups is 1. The van der Waals surface area contributed by atoms with Gasteiger partial charge in [0.05, 0.1) is 25.4 Å². The van der Waals surface area contributed by atoms with Gasteiger partial charge >= 0.3 is 0 Å². The fourth-order valence-electron chi connectivity index (χ4n) is 3.11. The standard InChI is InChI=1S/C23H19BrN2OS/c1-2-15-7-9-16(10-8-15)14-25-23(27)18-13-20(21-11-12-22(24)28-21)26-19-6-4-3-5-17(18)19/h3-13H,2,14H2,1H3,(H,25,27). The van der Waals surface area contributed by atoms with E-state index in [0.29, 0.717) is 12.1 Å². The molecule has 4 aromatic rings. The molecule has 0 unspecified atom stereocenters. The predicted octanol–water partition coefficient (Wildman–Crippen LogP) is 6.22. The molecule has 0 aliphatic rings. The maximum atomic E-state index is 13.0. The van der Waals surface area contributed by atoms with Gasteiger partial charge in [0.25, 0.3) is 5.91 Å². The number of carbonyl (C=O) groups excluding carboxylic acids is 1. The first-order valence-electron chi connectivity index (χ1n) is 9.15. The Hall–Kier alpha value is -2.50. The number of amides is 1. The van der Waals surface area contributed by atoms with Crippen LogP contribution in [0.5, 0.6) is 0 Å². The highest BCUT2D eigenvalue weighted by molar-refractivity contribution is 9.11. The summed E-state index contributed by atoms with van der Waals surface area (Å²) in [5, 5.41) is 3.92. The summed E-state index contributed by atoms with van der Waals surface area (Å²) < 4.78 is 1.04. The van der Waals surface area contributed by atoms with Crippen molar-refractivity contribution in [1.29, 1.82) is 0 Å². The molecule has 1 amide bonds. The number of rotatable bonds is 5. The number of aryl methyl sites for hydroxylation is 1. The maximum absolute atomic E-state index is 13.0. The number of fused-ring (bicyclic) bond motifs is 1. The van der Waals surface area contributed by atoms with Crippen LogP contribution in [0.3, 0.4) is 0 Å². The predicted molar refractivity (Wildman–Crippen MR) is 120 cm³/mol. The third kappa shape index (κ3) is 4.01. The first kappa shape index (κ1) is 18.8. The van der Waals surface area contributed by atoms with E-state index in [1.807, 2.05) is 42.5 Å². The second kappa shape index (κ2) is 8.25. The summed E-state index contributed by atoms with van der Waals surface area (Å²) in [6.45, 7) is 2.63. The van der Waals surface area contributed by atoms with Gasteiger partial charge in [0.1, 0.15) is 0 Å². The van der Waals surface area contributed by atoms with Gasteiger partial charge in [0, 0.05) is 11.9 Å². The van der Waals surface area contributed by atoms with Crippen LogP contribution in [0.15, 0.2) is 70.5 Å². The zero-order valence-electron chi connectivity index (χ0n) is 15.4. The van der Waals surface area contributed by atoms with Gasteiger partial charge in [-0.2, -0.15) is 0 Å². The molecule has 0 aliphatic heterocycles. The van der Waals surface area contributed by atoms with E-state index in [9.17, 15) is 4.79 Å². The highest BCUT2D eigenvalue weighted by Gasteiger charge is 2.14. The lowest BCUT2D eigenvalue weighted by atomic mass is 10.1. The number of para-hydroxylation sites is 1. The lowest BCUT2D eigenvalue weighted by molar-refractivity contribution is 0.0952. The summed E-state index contributed by atoms with van der Waals surface area (Å²) in [5.41, 5.74) is 4.66. The smallest absolute Gasteiger partial charge is 0.252 e. The Labute approximate surface area is 176 Å². The summed E-state index contributed by atoms with van der Waals surface area (Å²) >= 11 is 5.10. The van der Waals surface area contributed by atoms with E-state index in [0.717, 1.165) is 37.2 Å². The number of halogens is 1. The van der Waals surface area contributed by atoms with Crippen LogP contribution in [0, 0.1) is 0 Å². The second-order valence-corrected chi connectivity index (χ2v) is 8.99. The molecule has 0 saturated carbocycles. The molecule has 0 fully saturated rings. The van der Waals surface area contributed by atoms with Crippen molar-refractivity contribution >= 4 is 44.1 Å². The van der Waals surface area contributed by atoms with E-state index in [1.54, 1.807) is 11.3 Å². The van der Waals surface area contributed by atoms with Gasteiger partial charge in [0.15, 0.2) is 0 Å². The Balaban J connectivity index is 1.64.